The Bertz CT molecular complexity index is 466. The molecule has 0 radical (unpaired) electrons. The van der Waals surface area contributed by atoms with Crippen molar-refractivity contribution in [1.82, 2.24) is 0 Å². The van der Waals surface area contributed by atoms with Crippen molar-refractivity contribution in [3.8, 4) is 5.75 Å². The predicted octanol–water partition coefficient (Wildman–Crippen LogP) is 3.02. The monoisotopic (exact) mass is 226 g/mol. The van der Waals surface area contributed by atoms with Crippen molar-refractivity contribution in [2.45, 2.75) is 0 Å². The average Bonchev–Trinajstić information content (AvgIpc) is 2.90. The molecule has 1 aliphatic carbocycles. The van der Waals surface area contributed by atoms with Crippen molar-refractivity contribution >= 4 is 11.9 Å². The van der Waals surface area contributed by atoms with Gasteiger partial charge in [-0.3, -0.25) is 4.79 Å². The lowest BCUT2D eigenvalue weighted by Gasteiger charge is -2.00. The van der Waals surface area contributed by atoms with Crippen molar-refractivity contribution in [2.75, 3.05) is 7.11 Å². The lowest BCUT2D eigenvalue weighted by atomic mass is 10.1. The van der Waals surface area contributed by atoms with Crippen LogP contribution in [0, 0.1) is 5.92 Å². The van der Waals surface area contributed by atoms with Crippen molar-refractivity contribution < 1.29 is 9.53 Å². The fraction of sp³-hybridized carbons (Fsp3) is 0.133. The van der Waals surface area contributed by atoms with Gasteiger partial charge in [0.15, 0.2) is 5.78 Å². The first-order chi connectivity index (χ1) is 8.29. The van der Waals surface area contributed by atoms with Gasteiger partial charge in [-0.25, -0.2) is 0 Å². The lowest BCUT2D eigenvalue weighted by Crippen LogP contribution is -2.03. The largest absolute Gasteiger partial charge is 0.497 e. The van der Waals surface area contributed by atoms with Gasteiger partial charge in [-0.2, -0.15) is 0 Å². The molecule has 2 rings (SSSR count). The molecule has 0 aliphatic heterocycles. The quantitative estimate of drug-likeness (QED) is 0.738. The first kappa shape index (κ1) is 11.4. The third kappa shape index (κ3) is 2.94. The number of ketones is 1. The van der Waals surface area contributed by atoms with Gasteiger partial charge in [0.1, 0.15) is 5.75 Å². The van der Waals surface area contributed by atoms with Gasteiger partial charge in [0.2, 0.25) is 0 Å². The zero-order valence-electron chi connectivity index (χ0n) is 9.67. The van der Waals surface area contributed by atoms with Crippen LogP contribution in [0.2, 0.25) is 0 Å². The van der Waals surface area contributed by atoms with Crippen LogP contribution in [0.4, 0.5) is 0 Å². The van der Waals surface area contributed by atoms with E-state index < -0.39 is 0 Å². The second-order valence-electron chi connectivity index (χ2n) is 3.80. The van der Waals surface area contributed by atoms with Crippen LogP contribution in [-0.4, -0.2) is 12.9 Å². The molecule has 1 aromatic carbocycles. The Morgan fingerprint density at radius 2 is 1.82 bits per heavy atom. The minimum absolute atomic E-state index is 0.0931. The molecule has 2 nitrogen and oxygen atoms in total. The van der Waals surface area contributed by atoms with E-state index in [0.29, 0.717) is 0 Å². The van der Waals surface area contributed by atoms with Gasteiger partial charge >= 0.3 is 0 Å². The summed E-state index contributed by atoms with van der Waals surface area (Å²) in [5.41, 5.74) is 0.991. The van der Waals surface area contributed by atoms with Crippen LogP contribution >= 0.6 is 0 Å². The molecule has 0 amide bonds. The molecule has 2 heteroatoms. The Balaban J connectivity index is 2.01. The third-order valence-electron chi connectivity index (χ3n) is 2.63. The minimum atomic E-state index is -0.0931. The second kappa shape index (κ2) is 5.30. The normalized spacial score (nSPS) is 14.6. The highest BCUT2D eigenvalue weighted by molar-refractivity contribution is 5.98. The molecule has 17 heavy (non-hydrogen) atoms. The number of rotatable bonds is 4. The molecular formula is C15H14O2. The van der Waals surface area contributed by atoms with Crippen LogP contribution in [0.5, 0.6) is 5.75 Å². The van der Waals surface area contributed by atoms with E-state index in [9.17, 15) is 4.79 Å². The molecule has 1 aromatic rings. The zero-order chi connectivity index (χ0) is 12.1. The molecule has 0 aromatic heterocycles. The summed E-state index contributed by atoms with van der Waals surface area (Å²) >= 11 is 0. The summed E-state index contributed by atoms with van der Waals surface area (Å²) in [5.74, 6) is 0.824. The van der Waals surface area contributed by atoms with Gasteiger partial charge in [-0.05, 0) is 23.8 Å². The highest BCUT2D eigenvalue weighted by Gasteiger charge is 2.10. The van der Waals surface area contributed by atoms with Gasteiger partial charge in [0.05, 0.1) is 13.0 Å². The smallest absolute Gasteiger partial charge is 0.166 e. The highest BCUT2D eigenvalue weighted by Crippen LogP contribution is 2.14. The first-order valence-corrected chi connectivity index (χ1v) is 5.50. The van der Waals surface area contributed by atoms with Gasteiger partial charge in [-0.1, -0.05) is 42.5 Å². The van der Waals surface area contributed by atoms with Crippen molar-refractivity contribution in [3.63, 3.8) is 0 Å². The SMILES string of the molecule is COc1ccc(/C=C/C(=O)C2C=CC=C2)cc1. The van der Waals surface area contributed by atoms with Gasteiger partial charge in [0.25, 0.3) is 0 Å². The van der Waals surface area contributed by atoms with E-state index in [0.717, 1.165) is 11.3 Å². The summed E-state index contributed by atoms with van der Waals surface area (Å²) in [6, 6.07) is 7.59. The Morgan fingerprint density at radius 3 is 2.41 bits per heavy atom. The number of hydrogen-bond donors (Lipinski definition) is 0. The highest BCUT2D eigenvalue weighted by atomic mass is 16.5. The van der Waals surface area contributed by atoms with E-state index in [-0.39, 0.29) is 11.7 Å². The summed E-state index contributed by atoms with van der Waals surface area (Å²) in [6.07, 6.45) is 11.0. The molecule has 0 saturated carbocycles. The van der Waals surface area contributed by atoms with E-state index >= 15 is 0 Å². The Hall–Kier alpha value is -2.09. The van der Waals surface area contributed by atoms with E-state index in [1.54, 1.807) is 13.2 Å². The number of carbonyl (C=O) groups is 1. The maximum absolute atomic E-state index is 11.7. The van der Waals surface area contributed by atoms with Crippen LogP contribution in [0.1, 0.15) is 5.56 Å². The number of allylic oxidation sites excluding steroid dienone is 5. The summed E-state index contributed by atoms with van der Waals surface area (Å²) in [4.78, 5) is 11.7. The fourth-order valence-corrected chi connectivity index (χ4v) is 1.63. The molecule has 0 spiro atoms. The zero-order valence-corrected chi connectivity index (χ0v) is 9.67. The second-order valence-corrected chi connectivity index (χ2v) is 3.80. The number of carbonyl (C=O) groups excluding carboxylic acids is 1. The number of hydrogen-bond acceptors (Lipinski definition) is 2. The first-order valence-electron chi connectivity index (χ1n) is 5.50. The topological polar surface area (TPSA) is 26.3 Å². The van der Waals surface area contributed by atoms with Gasteiger partial charge < -0.3 is 4.74 Å². The van der Waals surface area contributed by atoms with Crippen LogP contribution in [0.3, 0.4) is 0 Å². The van der Waals surface area contributed by atoms with E-state index in [1.807, 2.05) is 54.6 Å². The van der Waals surface area contributed by atoms with E-state index in [4.69, 9.17) is 4.74 Å². The van der Waals surface area contributed by atoms with Crippen LogP contribution in [0.25, 0.3) is 6.08 Å². The summed E-state index contributed by atoms with van der Waals surface area (Å²) in [6.45, 7) is 0. The lowest BCUT2D eigenvalue weighted by molar-refractivity contribution is -0.115. The predicted molar refractivity (Wildman–Crippen MR) is 68.8 cm³/mol. The molecule has 0 fully saturated rings. The molecule has 0 saturated heterocycles. The van der Waals surface area contributed by atoms with Crippen molar-refractivity contribution in [2.24, 2.45) is 5.92 Å². The standard InChI is InChI=1S/C15H14O2/c1-17-14-9-6-12(7-10-14)8-11-15(16)13-4-2-3-5-13/h2-11,13H,1H3/b11-8+. The maximum Gasteiger partial charge on any atom is 0.166 e. The molecule has 0 atom stereocenters. The fourth-order valence-electron chi connectivity index (χ4n) is 1.63. The Morgan fingerprint density at radius 1 is 1.18 bits per heavy atom. The summed E-state index contributed by atoms with van der Waals surface area (Å²) < 4.78 is 5.07. The summed E-state index contributed by atoms with van der Waals surface area (Å²) in [5, 5.41) is 0. The van der Waals surface area contributed by atoms with Crippen molar-refractivity contribution in [1.29, 1.82) is 0 Å². The van der Waals surface area contributed by atoms with Crippen LogP contribution < -0.4 is 4.74 Å². The molecule has 0 unspecified atom stereocenters. The van der Waals surface area contributed by atoms with Crippen LogP contribution in [0.15, 0.2) is 54.6 Å². The number of ether oxygens (including phenoxy) is 1. The molecule has 0 heterocycles. The molecule has 1 aliphatic rings. The summed E-state index contributed by atoms with van der Waals surface area (Å²) in [7, 11) is 1.63. The Kier molecular flexibility index (Phi) is 3.55. The number of methoxy groups -OCH3 is 1. The van der Waals surface area contributed by atoms with Gasteiger partial charge in [-0.15, -0.1) is 0 Å². The van der Waals surface area contributed by atoms with E-state index in [2.05, 4.69) is 0 Å². The third-order valence-corrected chi connectivity index (χ3v) is 2.63. The van der Waals surface area contributed by atoms with Crippen molar-refractivity contribution in [3.05, 3.63) is 60.2 Å². The molecular weight excluding hydrogens is 212 g/mol. The molecule has 0 N–H and O–H groups in total. The molecule has 0 bridgehead atoms. The average molecular weight is 226 g/mol. The maximum atomic E-state index is 11.7. The minimum Gasteiger partial charge on any atom is -0.497 e. The number of benzene rings is 1. The Labute approximate surface area is 101 Å². The van der Waals surface area contributed by atoms with E-state index in [1.165, 1.54) is 0 Å². The van der Waals surface area contributed by atoms with Gasteiger partial charge in [0, 0.05) is 0 Å². The van der Waals surface area contributed by atoms with Crippen LogP contribution in [-0.2, 0) is 4.79 Å². The molecule has 86 valence electrons.